The zero-order valence-corrected chi connectivity index (χ0v) is 14.6. The Hall–Kier alpha value is -3.88. The topological polar surface area (TPSA) is 118 Å². The van der Waals surface area contributed by atoms with E-state index in [1.54, 1.807) is 37.4 Å². The number of hydrogen-bond donors (Lipinski definition) is 2. The third-order valence-corrected chi connectivity index (χ3v) is 4.12. The minimum Gasteiger partial charge on any atom is -0.345 e. The van der Waals surface area contributed by atoms with E-state index in [1.807, 2.05) is 13.0 Å². The summed E-state index contributed by atoms with van der Waals surface area (Å²) in [6.45, 7) is 1.83. The molecule has 0 bridgehead atoms. The maximum Gasteiger partial charge on any atom is 0.261 e. The third kappa shape index (κ3) is 3.06. The zero-order valence-electron chi connectivity index (χ0n) is 14.6. The smallest absolute Gasteiger partial charge is 0.261 e. The first-order valence-electron chi connectivity index (χ1n) is 8.16. The molecule has 1 aromatic carbocycles. The number of pyridine rings is 2. The van der Waals surface area contributed by atoms with Crippen LogP contribution in [0.1, 0.15) is 16.1 Å². The van der Waals surface area contributed by atoms with E-state index in [1.165, 1.54) is 10.9 Å². The average molecular weight is 361 g/mol. The quantitative estimate of drug-likeness (QED) is 0.573. The number of carbonyl (C=O) groups excluding carboxylic acids is 1. The van der Waals surface area contributed by atoms with Crippen molar-refractivity contribution in [2.24, 2.45) is 7.05 Å². The van der Waals surface area contributed by atoms with Crippen molar-refractivity contribution in [2.75, 3.05) is 5.32 Å². The molecule has 0 aliphatic carbocycles. The van der Waals surface area contributed by atoms with Crippen LogP contribution in [0, 0.1) is 6.92 Å². The van der Waals surface area contributed by atoms with Gasteiger partial charge in [-0.1, -0.05) is 12.1 Å². The number of fused-ring (bicyclic) bond motifs is 1. The number of amides is 1. The molecular weight excluding hydrogens is 346 g/mol. The minimum atomic E-state index is -0.507. The van der Waals surface area contributed by atoms with Crippen molar-refractivity contribution < 1.29 is 4.79 Å². The van der Waals surface area contributed by atoms with Crippen LogP contribution in [0.2, 0.25) is 0 Å². The SMILES string of the molecule is Cc1ccc2c(=O)c(C(=O)Nc3cccc(-c4nnnn4C)c3)c[nH]c2n1. The Morgan fingerprint density at radius 1 is 1.22 bits per heavy atom. The number of rotatable bonds is 3. The molecule has 4 rings (SSSR count). The lowest BCUT2D eigenvalue weighted by Crippen LogP contribution is -2.22. The summed E-state index contributed by atoms with van der Waals surface area (Å²) in [4.78, 5) is 32.4. The van der Waals surface area contributed by atoms with Gasteiger partial charge >= 0.3 is 0 Å². The van der Waals surface area contributed by atoms with E-state index in [2.05, 4.69) is 30.8 Å². The van der Waals surface area contributed by atoms with E-state index in [-0.39, 0.29) is 11.0 Å². The number of anilines is 1. The van der Waals surface area contributed by atoms with Gasteiger partial charge in [-0.3, -0.25) is 9.59 Å². The first kappa shape index (κ1) is 16.6. The van der Waals surface area contributed by atoms with Crippen molar-refractivity contribution in [1.82, 2.24) is 30.2 Å². The summed E-state index contributed by atoms with van der Waals surface area (Å²) < 4.78 is 1.53. The molecule has 0 unspecified atom stereocenters. The van der Waals surface area contributed by atoms with Gasteiger partial charge in [0.2, 0.25) is 5.43 Å². The van der Waals surface area contributed by atoms with Crippen molar-refractivity contribution in [3.8, 4) is 11.4 Å². The van der Waals surface area contributed by atoms with E-state index in [9.17, 15) is 9.59 Å². The largest absolute Gasteiger partial charge is 0.345 e. The van der Waals surface area contributed by atoms with Crippen molar-refractivity contribution in [2.45, 2.75) is 6.92 Å². The molecule has 3 heterocycles. The number of aromatic nitrogens is 6. The first-order valence-corrected chi connectivity index (χ1v) is 8.16. The Balaban J connectivity index is 1.66. The van der Waals surface area contributed by atoms with Crippen LogP contribution in [0.5, 0.6) is 0 Å². The Kier molecular flexibility index (Phi) is 3.96. The number of tetrazole rings is 1. The molecule has 0 radical (unpaired) electrons. The van der Waals surface area contributed by atoms with Crippen LogP contribution in [0.25, 0.3) is 22.4 Å². The Morgan fingerprint density at radius 3 is 2.85 bits per heavy atom. The molecule has 27 heavy (non-hydrogen) atoms. The third-order valence-electron chi connectivity index (χ3n) is 4.12. The van der Waals surface area contributed by atoms with Crippen molar-refractivity contribution >= 4 is 22.6 Å². The van der Waals surface area contributed by atoms with E-state index >= 15 is 0 Å². The van der Waals surface area contributed by atoms with Crippen molar-refractivity contribution in [1.29, 1.82) is 0 Å². The average Bonchev–Trinajstić information content (AvgIpc) is 3.08. The Bertz CT molecular complexity index is 1230. The summed E-state index contributed by atoms with van der Waals surface area (Å²) in [5, 5.41) is 14.5. The van der Waals surface area contributed by atoms with E-state index < -0.39 is 5.91 Å². The summed E-state index contributed by atoms with van der Waals surface area (Å²) in [6, 6.07) is 10.5. The molecule has 0 aliphatic heterocycles. The number of H-pyrrole nitrogens is 1. The Labute approximate surface area is 153 Å². The monoisotopic (exact) mass is 361 g/mol. The minimum absolute atomic E-state index is 0.0129. The summed E-state index contributed by atoms with van der Waals surface area (Å²) in [6.07, 6.45) is 1.38. The van der Waals surface area contributed by atoms with E-state index in [0.29, 0.717) is 22.5 Å². The van der Waals surface area contributed by atoms with Crippen molar-refractivity contribution in [3.63, 3.8) is 0 Å². The molecule has 0 saturated carbocycles. The van der Waals surface area contributed by atoms with Crippen molar-refractivity contribution in [3.05, 3.63) is 64.1 Å². The second-order valence-corrected chi connectivity index (χ2v) is 6.04. The molecule has 134 valence electrons. The lowest BCUT2D eigenvalue weighted by atomic mass is 10.1. The number of aromatic amines is 1. The molecule has 0 spiro atoms. The number of nitrogens with one attached hydrogen (secondary N) is 2. The van der Waals surface area contributed by atoms with E-state index in [0.717, 1.165) is 11.3 Å². The molecule has 1 amide bonds. The predicted octanol–water partition coefficient (Wildman–Crippen LogP) is 1.67. The molecule has 0 fully saturated rings. The predicted molar refractivity (Wildman–Crippen MR) is 99.3 cm³/mol. The van der Waals surface area contributed by atoms with Gasteiger partial charge < -0.3 is 10.3 Å². The molecule has 0 atom stereocenters. The van der Waals surface area contributed by atoms with Crippen LogP contribution < -0.4 is 10.7 Å². The van der Waals surface area contributed by atoms with Gasteiger partial charge in [0, 0.05) is 30.2 Å². The summed E-state index contributed by atoms with van der Waals surface area (Å²) in [5.74, 6) is 0.0584. The lowest BCUT2D eigenvalue weighted by molar-refractivity contribution is 0.102. The highest BCUT2D eigenvalue weighted by Crippen LogP contribution is 2.20. The normalized spacial score (nSPS) is 10.9. The highest BCUT2D eigenvalue weighted by atomic mass is 16.2. The molecule has 0 saturated heterocycles. The van der Waals surface area contributed by atoms with Gasteiger partial charge in [-0.25, -0.2) is 9.67 Å². The fourth-order valence-electron chi connectivity index (χ4n) is 2.78. The highest BCUT2D eigenvalue weighted by molar-refractivity contribution is 6.05. The molecule has 0 aliphatic rings. The van der Waals surface area contributed by atoms with Gasteiger partial charge in [0.15, 0.2) is 5.82 Å². The van der Waals surface area contributed by atoms with Gasteiger partial charge in [0.05, 0.1) is 5.39 Å². The van der Waals surface area contributed by atoms with Gasteiger partial charge in [-0.2, -0.15) is 0 Å². The van der Waals surface area contributed by atoms with Crippen LogP contribution in [0.4, 0.5) is 5.69 Å². The van der Waals surface area contributed by atoms with Gasteiger partial charge in [-0.15, -0.1) is 5.10 Å². The molecule has 4 aromatic rings. The molecule has 2 N–H and O–H groups in total. The Morgan fingerprint density at radius 2 is 2.07 bits per heavy atom. The fourth-order valence-corrected chi connectivity index (χ4v) is 2.78. The lowest BCUT2D eigenvalue weighted by Gasteiger charge is -2.07. The maximum absolute atomic E-state index is 12.6. The maximum atomic E-state index is 12.6. The zero-order chi connectivity index (χ0) is 19.0. The van der Waals surface area contributed by atoms with Gasteiger partial charge in [0.1, 0.15) is 11.2 Å². The molecule has 9 heteroatoms. The summed E-state index contributed by atoms with van der Waals surface area (Å²) in [7, 11) is 1.73. The van der Waals surface area contributed by atoms with Gasteiger partial charge in [0.25, 0.3) is 5.91 Å². The number of carbonyl (C=O) groups is 1. The first-order chi connectivity index (χ1) is 13.0. The van der Waals surface area contributed by atoms with Crippen LogP contribution in [-0.4, -0.2) is 36.1 Å². The fraction of sp³-hybridized carbons (Fsp3) is 0.111. The van der Waals surface area contributed by atoms with Gasteiger partial charge in [-0.05, 0) is 41.6 Å². The second-order valence-electron chi connectivity index (χ2n) is 6.04. The second kappa shape index (κ2) is 6.45. The van der Waals surface area contributed by atoms with Crippen LogP contribution in [-0.2, 0) is 7.05 Å². The summed E-state index contributed by atoms with van der Waals surface area (Å²) in [5.41, 5.74) is 2.15. The standard InChI is InChI=1S/C18H15N7O2/c1-10-6-7-13-15(26)14(9-19-16(13)20-10)18(27)21-12-5-3-4-11(8-12)17-22-23-24-25(17)2/h3-9H,1-2H3,(H,21,27)(H,19,20,26). The molecule has 9 nitrogen and oxygen atoms in total. The number of aryl methyl sites for hydroxylation is 2. The van der Waals surface area contributed by atoms with Crippen LogP contribution >= 0.6 is 0 Å². The molecular formula is C18H15N7O2. The van der Waals surface area contributed by atoms with Crippen LogP contribution in [0.3, 0.4) is 0 Å². The molecule has 3 aromatic heterocycles. The number of nitrogens with zero attached hydrogens (tertiary/aromatic N) is 5. The number of benzene rings is 1. The van der Waals surface area contributed by atoms with E-state index in [4.69, 9.17) is 0 Å². The van der Waals surface area contributed by atoms with Crippen LogP contribution in [0.15, 0.2) is 47.4 Å². The number of hydrogen-bond acceptors (Lipinski definition) is 6. The summed E-state index contributed by atoms with van der Waals surface area (Å²) >= 11 is 0. The highest BCUT2D eigenvalue weighted by Gasteiger charge is 2.15.